The summed E-state index contributed by atoms with van der Waals surface area (Å²) in [6.45, 7) is 2.07. The fourth-order valence-electron chi connectivity index (χ4n) is 1.04. The highest BCUT2D eigenvalue weighted by Gasteiger charge is 2.06. The zero-order valence-corrected chi connectivity index (χ0v) is 7.58. The predicted molar refractivity (Wildman–Crippen MR) is 51.9 cm³/mol. The van der Waals surface area contributed by atoms with Gasteiger partial charge in [0.15, 0.2) is 0 Å². The minimum absolute atomic E-state index is 0.353. The quantitative estimate of drug-likeness (QED) is 0.371. The molecule has 4 heteroatoms. The van der Waals surface area contributed by atoms with Gasteiger partial charge in [-0.15, -0.1) is 0 Å². The van der Waals surface area contributed by atoms with Crippen LogP contribution in [0.3, 0.4) is 0 Å². The smallest absolute Gasteiger partial charge is 0.283 e. The summed E-state index contributed by atoms with van der Waals surface area (Å²) >= 11 is 0. The van der Waals surface area contributed by atoms with Crippen molar-refractivity contribution in [2.45, 2.75) is 19.8 Å². The van der Waals surface area contributed by atoms with Crippen molar-refractivity contribution in [2.75, 3.05) is 0 Å². The van der Waals surface area contributed by atoms with Crippen molar-refractivity contribution >= 4 is 12.1 Å². The number of carbonyl (C=O) groups is 1. The van der Waals surface area contributed by atoms with E-state index in [1.807, 2.05) is 11.5 Å². The third-order valence-corrected chi connectivity index (χ3v) is 1.88. The molecule has 0 unspecified atom stereocenters. The van der Waals surface area contributed by atoms with Gasteiger partial charge in [-0.25, -0.2) is 5.84 Å². The Morgan fingerprint density at radius 1 is 1.69 bits per heavy atom. The lowest BCUT2D eigenvalue weighted by atomic mass is 10.1. The predicted octanol–water partition coefficient (Wildman–Crippen LogP) is 0.671. The van der Waals surface area contributed by atoms with Crippen LogP contribution in [0.15, 0.2) is 28.4 Å². The number of rotatable bonds is 2. The standard InChI is InChI=1S/C9H13N3O/c1-2-7-3-4-8(9(13)12-10)11-6-5-7/h3-4,6H,2,5,10H2,1H3,(H,12,13). The monoisotopic (exact) mass is 179 g/mol. The van der Waals surface area contributed by atoms with Gasteiger partial charge in [-0.3, -0.25) is 15.2 Å². The number of hydrogen-bond donors (Lipinski definition) is 2. The van der Waals surface area contributed by atoms with Crippen LogP contribution in [0, 0.1) is 0 Å². The molecule has 1 aliphatic heterocycles. The van der Waals surface area contributed by atoms with E-state index in [2.05, 4.69) is 11.9 Å². The van der Waals surface area contributed by atoms with Gasteiger partial charge in [0, 0.05) is 12.6 Å². The lowest BCUT2D eigenvalue weighted by Crippen LogP contribution is -2.30. The van der Waals surface area contributed by atoms with Gasteiger partial charge in [0.25, 0.3) is 5.91 Å². The lowest BCUT2D eigenvalue weighted by molar-refractivity contribution is -0.117. The highest BCUT2D eigenvalue weighted by Crippen LogP contribution is 2.10. The first-order chi connectivity index (χ1) is 6.27. The molecule has 0 aromatic heterocycles. The van der Waals surface area contributed by atoms with E-state index in [0.29, 0.717) is 5.70 Å². The molecule has 0 aliphatic carbocycles. The average molecular weight is 179 g/mol. The Labute approximate surface area is 77.2 Å². The van der Waals surface area contributed by atoms with Crippen LogP contribution in [0.4, 0.5) is 0 Å². The van der Waals surface area contributed by atoms with Crippen LogP contribution in [-0.4, -0.2) is 12.1 Å². The second kappa shape index (κ2) is 4.57. The van der Waals surface area contributed by atoms with Crippen LogP contribution < -0.4 is 11.3 Å². The first kappa shape index (κ1) is 9.67. The fourth-order valence-corrected chi connectivity index (χ4v) is 1.04. The fraction of sp³-hybridized carbons (Fsp3) is 0.333. The van der Waals surface area contributed by atoms with Crippen LogP contribution in [0.2, 0.25) is 0 Å². The minimum Gasteiger partial charge on any atom is -0.289 e. The van der Waals surface area contributed by atoms with Crippen molar-refractivity contribution in [1.82, 2.24) is 5.43 Å². The molecular formula is C9H13N3O. The third kappa shape index (κ3) is 2.52. The Hall–Kier alpha value is -1.42. The number of hydrogen-bond acceptors (Lipinski definition) is 3. The number of allylic oxidation sites excluding steroid dienone is 3. The first-order valence-electron chi connectivity index (χ1n) is 4.21. The molecular weight excluding hydrogens is 166 g/mol. The summed E-state index contributed by atoms with van der Waals surface area (Å²) in [7, 11) is 0. The van der Waals surface area contributed by atoms with Crippen LogP contribution in [0.25, 0.3) is 0 Å². The molecule has 1 amide bonds. The lowest BCUT2D eigenvalue weighted by Gasteiger charge is -1.95. The van der Waals surface area contributed by atoms with Crippen molar-refractivity contribution in [3.8, 4) is 0 Å². The maximum absolute atomic E-state index is 11.1. The molecule has 1 aliphatic rings. The highest BCUT2D eigenvalue weighted by molar-refractivity contribution is 5.94. The maximum Gasteiger partial charge on any atom is 0.283 e. The van der Waals surface area contributed by atoms with E-state index in [9.17, 15) is 4.79 Å². The number of nitrogens with two attached hydrogens (primary N) is 1. The molecule has 0 radical (unpaired) electrons. The summed E-state index contributed by atoms with van der Waals surface area (Å²) in [5.41, 5.74) is 3.65. The van der Waals surface area contributed by atoms with Crippen LogP contribution in [0.1, 0.15) is 19.8 Å². The highest BCUT2D eigenvalue weighted by atomic mass is 16.2. The SMILES string of the molecule is CCC1=CC=C(C(=O)NN)N=CC1. The molecule has 0 spiro atoms. The van der Waals surface area contributed by atoms with E-state index in [1.165, 1.54) is 5.57 Å². The second-order valence-corrected chi connectivity index (χ2v) is 2.72. The molecule has 1 heterocycles. The van der Waals surface area contributed by atoms with Crippen molar-refractivity contribution in [3.05, 3.63) is 23.4 Å². The second-order valence-electron chi connectivity index (χ2n) is 2.72. The van der Waals surface area contributed by atoms with E-state index in [4.69, 9.17) is 5.84 Å². The number of aliphatic imine (C=N–C) groups is 1. The molecule has 0 aromatic rings. The van der Waals surface area contributed by atoms with E-state index < -0.39 is 0 Å². The van der Waals surface area contributed by atoms with Gasteiger partial charge >= 0.3 is 0 Å². The molecule has 0 fully saturated rings. The van der Waals surface area contributed by atoms with E-state index in [-0.39, 0.29) is 5.91 Å². The molecule has 0 bridgehead atoms. The van der Waals surface area contributed by atoms with E-state index >= 15 is 0 Å². The van der Waals surface area contributed by atoms with Crippen molar-refractivity contribution in [3.63, 3.8) is 0 Å². The van der Waals surface area contributed by atoms with Gasteiger partial charge in [-0.1, -0.05) is 18.6 Å². The zero-order valence-electron chi connectivity index (χ0n) is 7.58. The van der Waals surface area contributed by atoms with Crippen molar-refractivity contribution < 1.29 is 4.79 Å². The van der Waals surface area contributed by atoms with E-state index in [1.54, 1.807) is 12.3 Å². The van der Waals surface area contributed by atoms with Crippen molar-refractivity contribution in [2.24, 2.45) is 10.8 Å². The van der Waals surface area contributed by atoms with Gasteiger partial charge in [0.2, 0.25) is 0 Å². The molecule has 0 saturated heterocycles. The Morgan fingerprint density at radius 2 is 2.46 bits per heavy atom. The van der Waals surface area contributed by atoms with Crippen LogP contribution in [0.5, 0.6) is 0 Å². The minimum atomic E-state index is -0.357. The summed E-state index contributed by atoms with van der Waals surface area (Å²) < 4.78 is 0. The van der Waals surface area contributed by atoms with Gasteiger partial charge in [-0.2, -0.15) is 0 Å². The number of amides is 1. The number of carbonyl (C=O) groups excluding carboxylic acids is 1. The van der Waals surface area contributed by atoms with Crippen molar-refractivity contribution in [1.29, 1.82) is 0 Å². The van der Waals surface area contributed by atoms with Crippen LogP contribution in [-0.2, 0) is 4.79 Å². The molecule has 3 N–H and O–H groups in total. The summed E-state index contributed by atoms with van der Waals surface area (Å²) in [5, 5.41) is 0. The summed E-state index contributed by atoms with van der Waals surface area (Å²) in [6, 6.07) is 0. The average Bonchev–Trinajstić information content (AvgIpc) is 2.41. The molecule has 4 nitrogen and oxygen atoms in total. The molecule has 0 saturated carbocycles. The zero-order chi connectivity index (χ0) is 9.68. The first-order valence-corrected chi connectivity index (χ1v) is 4.21. The molecule has 13 heavy (non-hydrogen) atoms. The number of nitrogens with one attached hydrogen (secondary N) is 1. The molecule has 70 valence electrons. The largest absolute Gasteiger partial charge is 0.289 e. The number of hydrazine groups is 1. The number of nitrogens with zero attached hydrogens (tertiary/aromatic N) is 1. The normalized spacial score (nSPS) is 15.8. The molecule has 0 aromatic carbocycles. The Kier molecular flexibility index (Phi) is 3.40. The Bertz CT molecular complexity index is 289. The van der Waals surface area contributed by atoms with E-state index in [0.717, 1.165) is 12.8 Å². The molecule has 1 rings (SSSR count). The van der Waals surface area contributed by atoms with Gasteiger partial charge in [0.05, 0.1) is 0 Å². The topological polar surface area (TPSA) is 67.5 Å². The summed E-state index contributed by atoms with van der Waals surface area (Å²) in [6.07, 6.45) is 7.10. The van der Waals surface area contributed by atoms with Gasteiger partial charge in [-0.05, 0) is 12.5 Å². The molecule has 0 atom stereocenters. The summed E-state index contributed by atoms with van der Waals surface area (Å²) in [4.78, 5) is 15.1. The third-order valence-electron chi connectivity index (χ3n) is 1.88. The van der Waals surface area contributed by atoms with Crippen LogP contribution >= 0.6 is 0 Å². The Morgan fingerprint density at radius 3 is 3.08 bits per heavy atom. The Balaban J connectivity index is 2.82. The maximum atomic E-state index is 11.1. The van der Waals surface area contributed by atoms with Gasteiger partial charge < -0.3 is 0 Å². The summed E-state index contributed by atoms with van der Waals surface area (Å²) in [5.74, 6) is 4.63. The van der Waals surface area contributed by atoms with Gasteiger partial charge in [0.1, 0.15) is 5.70 Å².